The molecule has 0 spiro atoms. The predicted octanol–water partition coefficient (Wildman–Crippen LogP) is 3.23. The van der Waals surface area contributed by atoms with Gasteiger partial charge in [0.25, 0.3) is 0 Å². The molecular formula is C16H16ClNO. The maximum Gasteiger partial charge on any atom is 0.234 e. The quantitative estimate of drug-likeness (QED) is 0.852. The minimum atomic E-state index is -0.0896. The van der Waals surface area contributed by atoms with E-state index in [1.807, 2.05) is 0 Å². The average Bonchev–Trinajstić information content (AvgIpc) is 3.25. The number of carbonyl (C=O) groups is 1. The van der Waals surface area contributed by atoms with E-state index in [9.17, 15) is 4.79 Å². The Hall–Kier alpha value is -1.54. The van der Waals surface area contributed by atoms with Crippen LogP contribution in [0.4, 0.5) is 0 Å². The van der Waals surface area contributed by atoms with Crippen molar-refractivity contribution in [1.29, 1.82) is 0 Å². The van der Waals surface area contributed by atoms with Crippen molar-refractivity contribution in [3.63, 3.8) is 0 Å². The number of amides is 1. The van der Waals surface area contributed by atoms with Crippen molar-refractivity contribution in [1.82, 2.24) is 5.32 Å². The van der Waals surface area contributed by atoms with Crippen molar-refractivity contribution >= 4 is 28.3 Å². The fraction of sp³-hybridized carbons (Fsp3) is 0.312. The molecular weight excluding hydrogens is 258 g/mol. The van der Waals surface area contributed by atoms with Gasteiger partial charge in [-0.3, -0.25) is 4.79 Å². The first-order chi connectivity index (χ1) is 9.25. The largest absolute Gasteiger partial charge is 0.354 e. The van der Waals surface area contributed by atoms with E-state index in [0.717, 1.165) is 12.8 Å². The Labute approximate surface area is 117 Å². The van der Waals surface area contributed by atoms with Crippen LogP contribution < -0.4 is 5.32 Å². The lowest BCUT2D eigenvalue weighted by Gasteiger charge is -2.18. The number of nitrogens with one attached hydrogen (secondary N) is 1. The van der Waals surface area contributed by atoms with E-state index >= 15 is 0 Å². The van der Waals surface area contributed by atoms with Crippen molar-refractivity contribution < 1.29 is 4.79 Å². The second-order valence-electron chi connectivity index (χ2n) is 5.22. The first kappa shape index (κ1) is 12.5. The van der Waals surface area contributed by atoms with E-state index in [4.69, 9.17) is 11.6 Å². The molecule has 1 aliphatic rings. The van der Waals surface area contributed by atoms with Gasteiger partial charge in [-0.1, -0.05) is 42.5 Å². The van der Waals surface area contributed by atoms with Gasteiger partial charge in [-0.05, 0) is 29.2 Å². The van der Waals surface area contributed by atoms with Crippen molar-refractivity contribution in [2.75, 3.05) is 12.4 Å². The predicted molar refractivity (Wildman–Crippen MR) is 78.6 cm³/mol. The normalized spacial score (nSPS) is 16.3. The molecule has 0 heterocycles. The molecule has 98 valence electrons. The van der Waals surface area contributed by atoms with Gasteiger partial charge in [-0.2, -0.15) is 0 Å². The van der Waals surface area contributed by atoms with Gasteiger partial charge in [-0.25, -0.2) is 0 Å². The van der Waals surface area contributed by atoms with Crippen LogP contribution in [0.25, 0.3) is 10.8 Å². The van der Waals surface area contributed by atoms with Crippen LogP contribution in [0.15, 0.2) is 42.5 Å². The molecule has 3 rings (SSSR count). The van der Waals surface area contributed by atoms with E-state index in [0.29, 0.717) is 6.54 Å². The van der Waals surface area contributed by atoms with Crippen LogP contribution >= 0.6 is 11.6 Å². The molecule has 19 heavy (non-hydrogen) atoms. The highest BCUT2D eigenvalue weighted by Gasteiger charge is 2.45. The Bertz CT molecular complexity index is 614. The summed E-state index contributed by atoms with van der Waals surface area (Å²) in [4.78, 5) is 11.3. The van der Waals surface area contributed by atoms with Gasteiger partial charge >= 0.3 is 0 Å². The van der Waals surface area contributed by atoms with Gasteiger partial charge in [0.1, 0.15) is 5.88 Å². The van der Waals surface area contributed by atoms with Crippen molar-refractivity contribution in [2.45, 2.75) is 18.3 Å². The highest BCUT2D eigenvalue weighted by atomic mass is 35.5. The van der Waals surface area contributed by atoms with Crippen LogP contribution in [0.1, 0.15) is 18.4 Å². The van der Waals surface area contributed by atoms with Crippen molar-refractivity contribution in [3.8, 4) is 0 Å². The van der Waals surface area contributed by atoms with Gasteiger partial charge < -0.3 is 5.32 Å². The van der Waals surface area contributed by atoms with Crippen LogP contribution in [0.2, 0.25) is 0 Å². The number of benzene rings is 2. The summed E-state index contributed by atoms with van der Waals surface area (Å²) in [5.41, 5.74) is 1.46. The topological polar surface area (TPSA) is 29.1 Å². The Kier molecular flexibility index (Phi) is 3.19. The zero-order chi connectivity index (χ0) is 13.3. The smallest absolute Gasteiger partial charge is 0.234 e. The first-order valence-electron chi connectivity index (χ1n) is 6.56. The SMILES string of the molecule is O=C(CCl)NCC1(c2cccc3ccccc23)CC1. The molecule has 0 aromatic heterocycles. The molecule has 0 unspecified atom stereocenters. The summed E-state index contributed by atoms with van der Waals surface area (Å²) in [6.45, 7) is 0.687. The van der Waals surface area contributed by atoms with E-state index < -0.39 is 0 Å². The van der Waals surface area contributed by atoms with Gasteiger partial charge in [0, 0.05) is 12.0 Å². The summed E-state index contributed by atoms with van der Waals surface area (Å²) in [5, 5.41) is 5.48. The monoisotopic (exact) mass is 273 g/mol. The summed E-state index contributed by atoms with van der Waals surface area (Å²) >= 11 is 5.53. The summed E-state index contributed by atoms with van der Waals surface area (Å²) in [7, 11) is 0. The molecule has 2 aromatic carbocycles. The van der Waals surface area contributed by atoms with Crippen LogP contribution in [0, 0.1) is 0 Å². The summed E-state index contributed by atoms with van der Waals surface area (Å²) in [6.07, 6.45) is 2.26. The molecule has 0 radical (unpaired) electrons. The van der Waals surface area contributed by atoms with Gasteiger partial charge in [0.15, 0.2) is 0 Å². The summed E-state index contributed by atoms with van der Waals surface area (Å²) < 4.78 is 0. The van der Waals surface area contributed by atoms with E-state index in [-0.39, 0.29) is 17.2 Å². The zero-order valence-corrected chi connectivity index (χ0v) is 11.4. The third-order valence-electron chi connectivity index (χ3n) is 3.96. The third kappa shape index (κ3) is 2.33. The van der Waals surface area contributed by atoms with Crippen LogP contribution in [-0.4, -0.2) is 18.3 Å². The third-order valence-corrected chi connectivity index (χ3v) is 4.20. The maximum atomic E-state index is 11.3. The fourth-order valence-corrected chi connectivity index (χ4v) is 2.79. The lowest BCUT2D eigenvalue weighted by molar-refractivity contribution is -0.118. The molecule has 1 fully saturated rings. The number of carbonyl (C=O) groups excluding carboxylic acids is 1. The number of rotatable bonds is 4. The van der Waals surface area contributed by atoms with E-state index in [1.54, 1.807) is 0 Å². The standard InChI is InChI=1S/C16H16ClNO/c17-10-15(19)18-11-16(8-9-16)14-7-3-5-12-4-1-2-6-13(12)14/h1-7H,8-11H2,(H,18,19). The highest BCUT2D eigenvalue weighted by Crippen LogP contribution is 2.49. The molecule has 0 bridgehead atoms. The molecule has 1 saturated carbocycles. The molecule has 2 aromatic rings. The van der Waals surface area contributed by atoms with E-state index in [2.05, 4.69) is 47.8 Å². The first-order valence-corrected chi connectivity index (χ1v) is 7.10. The van der Waals surface area contributed by atoms with Crippen LogP contribution in [-0.2, 0) is 10.2 Å². The summed E-state index contributed by atoms with van der Waals surface area (Å²) in [6, 6.07) is 14.8. The molecule has 0 atom stereocenters. The zero-order valence-electron chi connectivity index (χ0n) is 10.7. The van der Waals surface area contributed by atoms with Gasteiger partial charge in [0.05, 0.1) is 0 Å². The van der Waals surface area contributed by atoms with Crippen molar-refractivity contribution in [3.05, 3.63) is 48.0 Å². The lowest BCUT2D eigenvalue weighted by Crippen LogP contribution is -2.33. The molecule has 3 heteroatoms. The lowest BCUT2D eigenvalue weighted by atomic mass is 9.90. The average molecular weight is 274 g/mol. The van der Waals surface area contributed by atoms with Gasteiger partial charge in [0.2, 0.25) is 5.91 Å². The Balaban J connectivity index is 1.93. The molecule has 1 N–H and O–H groups in total. The second kappa shape index (κ2) is 4.86. The van der Waals surface area contributed by atoms with Crippen LogP contribution in [0.3, 0.4) is 0 Å². The molecule has 1 aliphatic carbocycles. The van der Waals surface area contributed by atoms with Crippen LogP contribution in [0.5, 0.6) is 0 Å². The highest BCUT2D eigenvalue weighted by molar-refractivity contribution is 6.27. The number of halogens is 1. The Morgan fingerprint density at radius 3 is 2.63 bits per heavy atom. The summed E-state index contributed by atoms with van der Waals surface area (Å²) in [5.74, 6) is -0.0563. The van der Waals surface area contributed by atoms with Gasteiger partial charge in [-0.15, -0.1) is 11.6 Å². The van der Waals surface area contributed by atoms with E-state index in [1.165, 1.54) is 16.3 Å². The minimum Gasteiger partial charge on any atom is -0.354 e. The maximum absolute atomic E-state index is 11.3. The minimum absolute atomic E-state index is 0.0334. The molecule has 0 saturated heterocycles. The molecule has 2 nitrogen and oxygen atoms in total. The number of alkyl halides is 1. The number of hydrogen-bond acceptors (Lipinski definition) is 1. The Morgan fingerprint density at radius 1 is 1.16 bits per heavy atom. The van der Waals surface area contributed by atoms with Crippen molar-refractivity contribution in [2.24, 2.45) is 0 Å². The molecule has 1 amide bonds. The number of fused-ring (bicyclic) bond motifs is 1. The number of hydrogen-bond donors (Lipinski definition) is 1. The second-order valence-corrected chi connectivity index (χ2v) is 5.48. The molecule has 0 aliphatic heterocycles. The fourth-order valence-electron chi connectivity index (χ4n) is 2.70. The Morgan fingerprint density at radius 2 is 1.89 bits per heavy atom.